The molecule has 0 spiro atoms. The van der Waals surface area contributed by atoms with Crippen LogP contribution < -0.4 is 0 Å². The smallest absolute Gasteiger partial charge is 0.0130 e. The monoisotopic (exact) mass is 195 g/mol. The van der Waals surface area contributed by atoms with Crippen molar-refractivity contribution in [3.8, 4) is 0 Å². The van der Waals surface area contributed by atoms with E-state index in [0.717, 1.165) is 24.0 Å². The molecule has 2 fully saturated rings. The van der Waals surface area contributed by atoms with Crippen LogP contribution in [0, 0.1) is 5.92 Å². The summed E-state index contributed by atoms with van der Waals surface area (Å²) in [6.07, 6.45) is 8.76. The van der Waals surface area contributed by atoms with Crippen molar-refractivity contribution >= 4 is 0 Å². The minimum absolute atomic E-state index is 0.771. The van der Waals surface area contributed by atoms with Crippen molar-refractivity contribution in [2.24, 2.45) is 5.92 Å². The Morgan fingerprint density at radius 1 is 1.14 bits per heavy atom. The summed E-state index contributed by atoms with van der Waals surface area (Å²) >= 11 is 0. The largest absolute Gasteiger partial charge is 0.295 e. The zero-order chi connectivity index (χ0) is 10.1. The summed E-state index contributed by atoms with van der Waals surface area (Å²) in [6.45, 7) is 7.08. The summed E-state index contributed by atoms with van der Waals surface area (Å²) in [7, 11) is 0. The lowest BCUT2D eigenvalue weighted by Gasteiger charge is -2.42. The standard InChI is InChI=1S/C13H25N/c1-4-5-11-6-7-12-8-9-13(11)14(12)10(2)3/h10-13H,4-9H2,1-3H3/t11-,12?,13?/m0/s1. The predicted octanol–water partition coefficient (Wildman–Crippen LogP) is 3.44. The fraction of sp³-hybridized carbons (Fsp3) is 1.00. The van der Waals surface area contributed by atoms with Gasteiger partial charge < -0.3 is 0 Å². The maximum Gasteiger partial charge on any atom is 0.0130 e. The van der Waals surface area contributed by atoms with Crippen LogP contribution in [0.15, 0.2) is 0 Å². The van der Waals surface area contributed by atoms with E-state index in [4.69, 9.17) is 0 Å². The van der Waals surface area contributed by atoms with Gasteiger partial charge in [0.25, 0.3) is 0 Å². The highest BCUT2D eigenvalue weighted by molar-refractivity contribution is 4.97. The van der Waals surface area contributed by atoms with Gasteiger partial charge >= 0.3 is 0 Å². The van der Waals surface area contributed by atoms with E-state index in [-0.39, 0.29) is 0 Å². The van der Waals surface area contributed by atoms with Gasteiger partial charge in [0.2, 0.25) is 0 Å². The van der Waals surface area contributed by atoms with Crippen LogP contribution in [0.5, 0.6) is 0 Å². The van der Waals surface area contributed by atoms with Crippen LogP contribution in [0.4, 0.5) is 0 Å². The Hall–Kier alpha value is -0.0400. The normalized spacial score (nSPS) is 38.1. The Kier molecular flexibility index (Phi) is 3.16. The second-order valence-corrected chi connectivity index (χ2v) is 5.47. The van der Waals surface area contributed by atoms with Gasteiger partial charge in [-0.3, -0.25) is 4.90 Å². The zero-order valence-electron chi connectivity index (χ0n) is 10.00. The van der Waals surface area contributed by atoms with Gasteiger partial charge in [-0.1, -0.05) is 13.3 Å². The second kappa shape index (κ2) is 4.22. The van der Waals surface area contributed by atoms with Gasteiger partial charge in [0.15, 0.2) is 0 Å². The van der Waals surface area contributed by atoms with E-state index >= 15 is 0 Å². The average molecular weight is 195 g/mol. The predicted molar refractivity (Wildman–Crippen MR) is 61.4 cm³/mol. The highest BCUT2D eigenvalue weighted by atomic mass is 15.2. The van der Waals surface area contributed by atoms with Crippen molar-refractivity contribution < 1.29 is 0 Å². The van der Waals surface area contributed by atoms with Gasteiger partial charge in [0.05, 0.1) is 0 Å². The lowest BCUT2D eigenvalue weighted by molar-refractivity contribution is 0.0578. The topological polar surface area (TPSA) is 3.24 Å². The Balaban J connectivity index is 2.05. The van der Waals surface area contributed by atoms with E-state index < -0.39 is 0 Å². The van der Waals surface area contributed by atoms with Crippen molar-refractivity contribution in [3.05, 3.63) is 0 Å². The minimum Gasteiger partial charge on any atom is -0.295 e. The van der Waals surface area contributed by atoms with Gasteiger partial charge in [-0.15, -0.1) is 0 Å². The Morgan fingerprint density at radius 3 is 2.50 bits per heavy atom. The molecule has 2 unspecified atom stereocenters. The molecule has 0 aromatic rings. The molecule has 1 nitrogen and oxygen atoms in total. The van der Waals surface area contributed by atoms with E-state index in [1.807, 2.05) is 0 Å². The molecule has 2 aliphatic rings. The van der Waals surface area contributed by atoms with E-state index in [0.29, 0.717) is 0 Å². The highest BCUT2D eigenvalue weighted by Gasteiger charge is 2.42. The van der Waals surface area contributed by atoms with Gasteiger partial charge in [-0.25, -0.2) is 0 Å². The summed E-state index contributed by atoms with van der Waals surface area (Å²) in [5, 5.41) is 0. The number of hydrogen-bond acceptors (Lipinski definition) is 1. The molecule has 0 radical (unpaired) electrons. The highest BCUT2D eigenvalue weighted by Crippen LogP contribution is 2.41. The number of piperidine rings is 1. The molecule has 3 atom stereocenters. The van der Waals surface area contributed by atoms with Crippen LogP contribution in [0.3, 0.4) is 0 Å². The number of fused-ring (bicyclic) bond motifs is 2. The number of rotatable bonds is 3. The van der Waals surface area contributed by atoms with Crippen LogP contribution >= 0.6 is 0 Å². The SMILES string of the molecule is CCC[C@H]1CCC2CCC1N2C(C)C. The maximum absolute atomic E-state index is 2.82. The molecule has 0 aromatic heterocycles. The molecule has 0 saturated carbocycles. The van der Waals surface area contributed by atoms with Crippen molar-refractivity contribution in [1.29, 1.82) is 0 Å². The molecule has 1 heteroatoms. The van der Waals surface area contributed by atoms with E-state index in [1.54, 1.807) is 0 Å². The van der Waals surface area contributed by atoms with Crippen LogP contribution in [-0.2, 0) is 0 Å². The summed E-state index contributed by atoms with van der Waals surface area (Å²) in [6, 6.07) is 2.65. The summed E-state index contributed by atoms with van der Waals surface area (Å²) in [5.41, 5.74) is 0. The molecule has 2 rings (SSSR count). The first-order chi connectivity index (χ1) is 6.74. The quantitative estimate of drug-likeness (QED) is 0.667. The lowest BCUT2D eigenvalue weighted by Crippen LogP contribution is -2.48. The maximum atomic E-state index is 2.82. The zero-order valence-corrected chi connectivity index (χ0v) is 10.00. The molecular formula is C13H25N. The summed E-state index contributed by atoms with van der Waals surface area (Å²) in [4.78, 5) is 2.82. The number of hydrogen-bond donors (Lipinski definition) is 0. The van der Waals surface area contributed by atoms with Crippen molar-refractivity contribution in [2.75, 3.05) is 0 Å². The van der Waals surface area contributed by atoms with Crippen molar-refractivity contribution in [2.45, 2.75) is 77.4 Å². The molecule has 0 aromatic carbocycles. The Bertz CT molecular complexity index is 188. The lowest BCUT2D eigenvalue weighted by atomic mass is 9.86. The van der Waals surface area contributed by atoms with Gasteiger partial charge in [-0.2, -0.15) is 0 Å². The third-order valence-corrected chi connectivity index (χ3v) is 4.27. The van der Waals surface area contributed by atoms with E-state index in [1.165, 1.54) is 38.5 Å². The second-order valence-electron chi connectivity index (χ2n) is 5.47. The molecule has 2 aliphatic heterocycles. The van der Waals surface area contributed by atoms with Crippen LogP contribution in [-0.4, -0.2) is 23.0 Å². The summed E-state index contributed by atoms with van der Waals surface area (Å²) in [5.74, 6) is 1.01. The van der Waals surface area contributed by atoms with Crippen molar-refractivity contribution in [1.82, 2.24) is 4.90 Å². The van der Waals surface area contributed by atoms with Crippen LogP contribution in [0.2, 0.25) is 0 Å². The Morgan fingerprint density at radius 2 is 1.86 bits per heavy atom. The van der Waals surface area contributed by atoms with Crippen LogP contribution in [0.25, 0.3) is 0 Å². The third-order valence-electron chi connectivity index (χ3n) is 4.27. The molecule has 2 bridgehead atoms. The molecule has 82 valence electrons. The first kappa shape index (κ1) is 10.5. The first-order valence-corrected chi connectivity index (χ1v) is 6.51. The fourth-order valence-electron chi connectivity index (χ4n) is 3.82. The molecule has 2 heterocycles. The van der Waals surface area contributed by atoms with E-state index in [9.17, 15) is 0 Å². The van der Waals surface area contributed by atoms with Gasteiger partial charge in [-0.05, 0) is 51.9 Å². The minimum atomic E-state index is 0.771. The van der Waals surface area contributed by atoms with Gasteiger partial charge in [0, 0.05) is 18.1 Å². The van der Waals surface area contributed by atoms with Gasteiger partial charge in [0.1, 0.15) is 0 Å². The van der Waals surface area contributed by atoms with Crippen LogP contribution in [0.1, 0.15) is 59.3 Å². The molecular weight excluding hydrogens is 170 g/mol. The molecule has 2 saturated heterocycles. The molecule has 0 N–H and O–H groups in total. The van der Waals surface area contributed by atoms with Crippen molar-refractivity contribution in [3.63, 3.8) is 0 Å². The molecule has 0 amide bonds. The molecule has 0 aliphatic carbocycles. The molecule has 14 heavy (non-hydrogen) atoms. The Labute approximate surface area is 88.9 Å². The van der Waals surface area contributed by atoms with E-state index in [2.05, 4.69) is 25.7 Å². The summed E-state index contributed by atoms with van der Waals surface area (Å²) < 4.78 is 0. The average Bonchev–Trinajstić information content (AvgIpc) is 2.47. The fourth-order valence-corrected chi connectivity index (χ4v) is 3.82. The first-order valence-electron chi connectivity index (χ1n) is 6.51. The third kappa shape index (κ3) is 1.71. The number of nitrogens with zero attached hydrogens (tertiary/aromatic N) is 1.